The molecule has 0 aliphatic carbocycles. The molecule has 1 unspecified atom stereocenters. The van der Waals surface area contributed by atoms with Gasteiger partial charge in [0.25, 0.3) is 0 Å². The van der Waals surface area contributed by atoms with Crippen molar-refractivity contribution in [3.05, 3.63) is 35.4 Å². The molecule has 0 bridgehead atoms. The summed E-state index contributed by atoms with van der Waals surface area (Å²) < 4.78 is 33.3. The molecule has 1 aromatic carbocycles. The molecule has 0 radical (unpaired) electrons. The quantitative estimate of drug-likeness (QED) is 0.591. The van der Waals surface area contributed by atoms with Crippen LogP contribution in [-0.4, -0.2) is 50.7 Å². The Bertz CT molecular complexity index is 651. The van der Waals surface area contributed by atoms with Crippen molar-refractivity contribution in [1.29, 1.82) is 0 Å². The highest BCUT2D eigenvalue weighted by Gasteiger charge is 2.38. The van der Waals surface area contributed by atoms with Gasteiger partial charge in [0.15, 0.2) is 20.0 Å². The number of hydrogen-bond acceptors (Lipinski definition) is 3. The van der Waals surface area contributed by atoms with Crippen molar-refractivity contribution >= 4 is 14.3 Å². The fraction of sp³-hybridized carbons (Fsp3) is 0.650. The molecule has 0 aliphatic rings. The number of urea groups is 1. The SMILES string of the molecule is CN(C(=O)NCc1cccc(F)c1F)C(CCCO)CO[Si](C)(C)C(C)(C)C. The molecule has 0 saturated carbocycles. The van der Waals surface area contributed by atoms with Crippen LogP contribution in [-0.2, 0) is 11.0 Å². The van der Waals surface area contributed by atoms with Gasteiger partial charge in [-0.3, -0.25) is 0 Å². The highest BCUT2D eigenvalue weighted by Crippen LogP contribution is 2.36. The van der Waals surface area contributed by atoms with E-state index in [0.29, 0.717) is 19.4 Å². The fourth-order valence-corrected chi connectivity index (χ4v) is 3.43. The van der Waals surface area contributed by atoms with E-state index < -0.39 is 26.0 Å². The molecule has 0 spiro atoms. The van der Waals surface area contributed by atoms with E-state index in [0.717, 1.165) is 6.07 Å². The van der Waals surface area contributed by atoms with E-state index >= 15 is 0 Å². The van der Waals surface area contributed by atoms with Crippen molar-refractivity contribution in [2.24, 2.45) is 0 Å². The molecule has 28 heavy (non-hydrogen) atoms. The van der Waals surface area contributed by atoms with Gasteiger partial charge in [-0.05, 0) is 37.0 Å². The standard InChI is InChI=1S/C20H34F2N2O3Si/c1-20(2,3)28(5,6)27-14-16(10-8-12-25)24(4)19(26)23-13-15-9-7-11-17(21)18(15)22/h7,9,11,16,25H,8,10,12-14H2,1-6H3,(H,23,26). The summed E-state index contributed by atoms with van der Waals surface area (Å²) in [6, 6.07) is 3.25. The minimum absolute atomic E-state index is 0.0283. The highest BCUT2D eigenvalue weighted by atomic mass is 28.4. The molecule has 0 aliphatic heterocycles. The molecular weight excluding hydrogens is 382 g/mol. The average molecular weight is 417 g/mol. The zero-order valence-corrected chi connectivity index (χ0v) is 18.8. The number of hydrogen-bond donors (Lipinski definition) is 2. The van der Waals surface area contributed by atoms with E-state index in [1.165, 1.54) is 17.0 Å². The van der Waals surface area contributed by atoms with Crippen molar-refractivity contribution in [2.45, 2.75) is 64.3 Å². The van der Waals surface area contributed by atoms with Crippen LogP contribution < -0.4 is 5.32 Å². The Labute approximate surface area is 168 Å². The number of amides is 2. The van der Waals surface area contributed by atoms with Crippen molar-refractivity contribution in [3.8, 4) is 0 Å². The smallest absolute Gasteiger partial charge is 0.317 e. The number of carbonyl (C=O) groups is 1. The predicted octanol–water partition coefficient (Wildman–Crippen LogP) is 4.27. The third-order valence-corrected chi connectivity index (χ3v) is 9.97. The number of halogens is 2. The van der Waals surface area contributed by atoms with Crippen LogP contribution in [0.25, 0.3) is 0 Å². The lowest BCUT2D eigenvalue weighted by molar-refractivity contribution is 0.140. The first-order valence-electron chi connectivity index (χ1n) is 9.59. The third-order valence-electron chi connectivity index (χ3n) is 5.47. The Kier molecular flexibility index (Phi) is 9.04. The molecule has 0 heterocycles. The number of aliphatic hydroxyl groups is 1. The van der Waals surface area contributed by atoms with Crippen LogP contribution in [0.5, 0.6) is 0 Å². The van der Waals surface area contributed by atoms with Gasteiger partial charge in [-0.15, -0.1) is 0 Å². The first-order chi connectivity index (χ1) is 12.9. The molecule has 0 saturated heterocycles. The van der Waals surface area contributed by atoms with Crippen LogP contribution >= 0.6 is 0 Å². The minimum Gasteiger partial charge on any atom is -0.415 e. The topological polar surface area (TPSA) is 61.8 Å². The molecule has 160 valence electrons. The van der Waals surface area contributed by atoms with Crippen LogP contribution in [0, 0.1) is 11.6 Å². The molecule has 2 amide bonds. The second-order valence-electron chi connectivity index (χ2n) is 8.57. The summed E-state index contributed by atoms with van der Waals surface area (Å²) in [5.74, 6) is -1.90. The van der Waals surface area contributed by atoms with Gasteiger partial charge in [-0.1, -0.05) is 32.9 Å². The fourth-order valence-electron chi connectivity index (χ4n) is 2.38. The van der Waals surface area contributed by atoms with Crippen LogP contribution in [0.1, 0.15) is 39.2 Å². The summed E-state index contributed by atoms with van der Waals surface area (Å²) in [6.07, 6.45) is 1.13. The lowest BCUT2D eigenvalue weighted by atomic mass is 10.1. The summed E-state index contributed by atoms with van der Waals surface area (Å²) in [4.78, 5) is 14.0. The maximum absolute atomic E-state index is 13.8. The Balaban J connectivity index is 2.75. The van der Waals surface area contributed by atoms with E-state index in [4.69, 9.17) is 4.43 Å². The lowest BCUT2D eigenvalue weighted by Gasteiger charge is -2.38. The predicted molar refractivity (Wildman–Crippen MR) is 110 cm³/mol. The molecule has 1 atom stereocenters. The second kappa shape index (κ2) is 10.3. The minimum atomic E-state index is -1.98. The van der Waals surface area contributed by atoms with Crippen LogP contribution in [0.4, 0.5) is 13.6 Å². The molecule has 8 heteroatoms. The van der Waals surface area contributed by atoms with Gasteiger partial charge in [-0.25, -0.2) is 13.6 Å². The number of carbonyl (C=O) groups excluding carboxylic acids is 1. The monoisotopic (exact) mass is 416 g/mol. The zero-order chi connectivity index (χ0) is 21.5. The second-order valence-corrected chi connectivity index (χ2v) is 13.4. The Hall–Kier alpha value is -1.51. The Morgan fingerprint density at radius 3 is 2.54 bits per heavy atom. The van der Waals surface area contributed by atoms with Gasteiger partial charge in [0.2, 0.25) is 0 Å². The van der Waals surface area contributed by atoms with Crippen LogP contribution in [0.2, 0.25) is 18.1 Å². The van der Waals surface area contributed by atoms with Crippen molar-refractivity contribution < 1.29 is 23.1 Å². The van der Waals surface area contributed by atoms with Gasteiger partial charge < -0.3 is 19.7 Å². The molecule has 0 aromatic heterocycles. The summed E-state index contributed by atoms with van der Waals surface area (Å²) >= 11 is 0. The largest absolute Gasteiger partial charge is 0.415 e. The summed E-state index contributed by atoms with van der Waals surface area (Å²) in [5, 5.41) is 11.8. The molecule has 5 nitrogen and oxygen atoms in total. The summed E-state index contributed by atoms with van der Waals surface area (Å²) in [7, 11) is -0.337. The maximum Gasteiger partial charge on any atom is 0.317 e. The van der Waals surface area contributed by atoms with Gasteiger partial charge in [0.1, 0.15) is 0 Å². The van der Waals surface area contributed by atoms with E-state index in [1.807, 2.05) is 0 Å². The van der Waals surface area contributed by atoms with Gasteiger partial charge in [0, 0.05) is 25.8 Å². The lowest BCUT2D eigenvalue weighted by Crippen LogP contribution is -2.49. The summed E-state index contributed by atoms with van der Waals surface area (Å²) in [5.41, 5.74) is 0.0891. The molecule has 0 fully saturated rings. The van der Waals surface area contributed by atoms with E-state index in [2.05, 4.69) is 39.2 Å². The van der Waals surface area contributed by atoms with E-state index in [9.17, 15) is 18.7 Å². The Morgan fingerprint density at radius 1 is 1.32 bits per heavy atom. The number of benzene rings is 1. The number of rotatable bonds is 9. The third kappa shape index (κ3) is 6.83. The van der Waals surface area contributed by atoms with Crippen molar-refractivity contribution in [3.63, 3.8) is 0 Å². The molecule has 2 N–H and O–H groups in total. The van der Waals surface area contributed by atoms with Crippen LogP contribution in [0.3, 0.4) is 0 Å². The number of likely N-dealkylation sites (N-methyl/N-ethyl adjacent to an activating group) is 1. The average Bonchev–Trinajstić information content (AvgIpc) is 2.61. The zero-order valence-electron chi connectivity index (χ0n) is 17.8. The van der Waals surface area contributed by atoms with Gasteiger partial charge >= 0.3 is 6.03 Å². The summed E-state index contributed by atoms with van der Waals surface area (Å²) in [6.45, 7) is 11.0. The Morgan fingerprint density at radius 2 is 1.96 bits per heavy atom. The number of aliphatic hydroxyl groups excluding tert-OH is 1. The molecular formula is C20H34F2N2O3Si. The van der Waals surface area contributed by atoms with Gasteiger partial charge in [0.05, 0.1) is 12.6 Å². The molecule has 1 rings (SSSR count). The van der Waals surface area contributed by atoms with E-state index in [1.54, 1.807) is 7.05 Å². The van der Waals surface area contributed by atoms with E-state index in [-0.39, 0.29) is 29.8 Å². The van der Waals surface area contributed by atoms with Crippen LogP contribution in [0.15, 0.2) is 18.2 Å². The van der Waals surface area contributed by atoms with Crippen molar-refractivity contribution in [2.75, 3.05) is 20.3 Å². The van der Waals surface area contributed by atoms with Crippen molar-refractivity contribution in [1.82, 2.24) is 10.2 Å². The highest BCUT2D eigenvalue weighted by molar-refractivity contribution is 6.74. The number of nitrogens with zero attached hydrogens (tertiary/aromatic N) is 1. The normalized spacial score (nSPS) is 13.3. The first-order valence-corrected chi connectivity index (χ1v) is 12.5. The first kappa shape index (κ1) is 24.5. The molecule has 1 aromatic rings. The number of nitrogens with one attached hydrogen (secondary N) is 1. The van der Waals surface area contributed by atoms with Gasteiger partial charge in [-0.2, -0.15) is 0 Å². The maximum atomic E-state index is 13.8.